The summed E-state index contributed by atoms with van der Waals surface area (Å²) >= 11 is 0. The summed E-state index contributed by atoms with van der Waals surface area (Å²) in [5, 5.41) is 0. The van der Waals surface area contributed by atoms with Gasteiger partial charge in [0, 0.05) is 17.3 Å². The zero-order valence-corrected chi connectivity index (χ0v) is 11.7. The lowest BCUT2D eigenvalue weighted by atomic mass is 10.0. The van der Waals surface area contributed by atoms with Gasteiger partial charge in [-0.15, -0.1) is 0 Å². The van der Waals surface area contributed by atoms with Gasteiger partial charge in [-0.25, -0.2) is 0 Å². The van der Waals surface area contributed by atoms with E-state index in [0.717, 1.165) is 29.5 Å². The summed E-state index contributed by atoms with van der Waals surface area (Å²) in [6.07, 6.45) is -1.87. The zero-order chi connectivity index (χ0) is 15.9. The van der Waals surface area contributed by atoms with Gasteiger partial charge in [-0.2, -0.15) is 13.2 Å². The molecule has 22 heavy (non-hydrogen) atoms. The molecule has 3 aromatic rings. The van der Waals surface area contributed by atoms with Crippen molar-refractivity contribution < 1.29 is 18.0 Å². The number of benzene rings is 1. The van der Waals surface area contributed by atoms with E-state index in [4.69, 9.17) is 0 Å². The molecule has 0 atom stereocenters. The Kier molecular flexibility index (Phi) is 3.28. The van der Waals surface area contributed by atoms with E-state index < -0.39 is 11.7 Å². The van der Waals surface area contributed by atoms with Crippen LogP contribution in [0.5, 0.6) is 0 Å². The molecule has 112 valence electrons. The van der Waals surface area contributed by atoms with Gasteiger partial charge in [0.2, 0.25) is 0 Å². The van der Waals surface area contributed by atoms with Crippen molar-refractivity contribution in [3.63, 3.8) is 0 Å². The van der Waals surface area contributed by atoms with Crippen LogP contribution in [0, 0.1) is 6.92 Å². The number of fused-ring (bicyclic) bond motifs is 1. The van der Waals surface area contributed by atoms with E-state index in [1.54, 1.807) is 16.7 Å². The fourth-order valence-corrected chi connectivity index (χ4v) is 2.50. The van der Waals surface area contributed by atoms with Crippen LogP contribution < -0.4 is 0 Å². The van der Waals surface area contributed by atoms with Gasteiger partial charge in [-0.3, -0.25) is 4.79 Å². The van der Waals surface area contributed by atoms with Crippen LogP contribution in [0.25, 0.3) is 16.6 Å². The van der Waals surface area contributed by atoms with Gasteiger partial charge in [-0.1, -0.05) is 12.1 Å². The molecular formula is C17H12F3NO. The van der Waals surface area contributed by atoms with E-state index in [9.17, 15) is 18.0 Å². The number of halogens is 3. The number of hydrogen-bond acceptors (Lipinski definition) is 1. The Morgan fingerprint density at radius 1 is 1.05 bits per heavy atom. The van der Waals surface area contributed by atoms with E-state index >= 15 is 0 Å². The molecule has 2 heterocycles. The number of aldehydes is 1. The second kappa shape index (κ2) is 5.02. The Morgan fingerprint density at radius 2 is 1.73 bits per heavy atom. The molecule has 0 amide bonds. The number of hydrogen-bond donors (Lipinski definition) is 0. The van der Waals surface area contributed by atoms with Gasteiger partial charge in [0.05, 0.1) is 11.3 Å². The molecule has 0 aliphatic carbocycles. The molecule has 0 saturated heterocycles. The lowest BCUT2D eigenvalue weighted by Gasteiger charge is -2.07. The highest BCUT2D eigenvalue weighted by Crippen LogP contribution is 2.32. The molecule has 2 aromatic heterocycles. The molecule has 0 aliphatic rings. The largest absolute Gasteiger partial charge is 0.416 e. The number of alkyl halides is 3. The molecule has 0 spiro atoms. The normalized spacial score (nSPS) is 11.8. The first-order valence-corrected chi connectivity index (χ1v) is 6.64. The van der Waals surface area contributed by atoms with Gasteiger partial charge < -0.3 is 4.40 Å². The fraction of sp³-hybridized carbons (Fsp3) is 0.118. The Morgan fingerprint density at radius 3 is 2.32 bits per heavy atom. The number of rotatable bonds is 2. The number of carbonyl (C=O) groups excluding carboxylic acids is 1. The number of nitrogens with zero attached hydrogens (tertiary/aromatic N) is 1. The van der Waals surface area contributed by atoms with Crippen LogP contribution in [0.2, 0.25) is 0 Å². The Labute approximate surface area is 124 Å². The van der Waals surface area contributed by atoms with Crippen molar-refractivity contribution in [3.8, 4) is 11.1 Å². The van der Waals surface area contributed by atoms with E-state index in [1.165, 1.54) is 12.1 Å². The molecular weight excluding hydrogens is 291 g/mol. The third-order valence-electron chi connectivity index (χ3n) is 3.60. The number of aromatic nitrogens is 1. The summed E-state index contributed by atoms with van der Waals surface area (Å²) in [5.74, 6) is 0. The van der Waals surface area contributed by atoms with Gasteiger partial charge in [-0.05, 0) is 48.4 Å². The summed E-state index contributed by atoms with van der Waals surface area (Å²) in [6.45, 7) is 1.94. The molecule has 0 unspecified atom stereocenters. The molecule has 5 heteroatoms. The minimum atomic E-state index is -4.37. The van der Waals surface area contributed by atoms with Crippen molar-refractivity contribution >= 4 is 11.8 Å². The van der Waals surface area contributed by atoms with Crippen LogP contribution >= 0.6 is 0 Å². The fourth-order valence-electron chi connectivity index (χ4n) is 2.50. The minimum Gasteiger partial charge on any atom is -0.314 e. The molecule has 3 rings (SSSR count). The van der Waals surface area contributed by atoms with Crippen LogP contribution in [-0.2, 0) is 6.18 Å². The van der Waals surface area contributed by atoms with E-state index in [2.05, 4.69) is 0 Å². The first kappa shape index (κ1) is 14.4. The van der Waals surface area contributed by atoms with Crippen molar-refractivity contribution in [3.05, 3.63) is 65.5 Å². The third-order valence-corrected chi connectivity index (χ3v) is 3.60. The van der Waals surface area contributed by atoms with Crippen LogP contribution in [0.15, 0.2) is 48.7 Å². The van der Waals surface area contributed by atoms with E-state index in [-0.39, 0.29) is 0 Å². The van der Waals surface area contributed by atoms with E-state index in [1.807, 2.05) is 19.1 Å². The maximum Gasteiger partial charge on any atom is 0.416 e. The predicted molar refractivity (Wildman–Crippen MR) is 78.0 cm³/mol. The lowest BCUT2D eigenvalue weighted by Crippen LogP contribution is -2.04. The summed E-state index contributed by atoms with van der Waals surface area (Å²) in [5.41, 5.74) is 2.79. The van der Waals surface area contributed by atoms with Crippen LogP contribution in [-0.4, -0.2) is 10.7 Å². The average Bonchev–Trinajstić information content (AvgIpc) is 2.84. The van der Waals surface area contributed by atoms with Crippen LogP contribution in [0.4, 0.5) is 13.2 Å². The first-order chi connectivity index (χ1) is 10.4. The lowest BCUT2D eigenvalue weighted by molar-refractivity contribution is -0.137. The highest BCUT2D eigenvalue weighted by Gasteiger charge is 2.30. The molecule has 2 nitrogen and oxygen atoms in total. The second-order valence-corrected chi connectivity index (χ2v) is 5.14. The molecule has 0 radical (unpaired) electrons. The quantitative estimate of drug-likeness (QED) is 0.626. The topological polar surface area (TPSA) is 21.5 Å². The maximum atomic E-state index is 12.6. The van der Waals surface area contributed by atoms with Crippen LogP contribution in [0.3, 0.4) is 0 Å². The zero-order valence-electron chi connectivity index (χ0n) is 11.7. The molecule has 1 aromatic carbocycles. The number of pyridine rings is 1. The monoisotopic (exact) mass is 303 g/mol. The van der Waals surface area contributed by atoms with Gasteiger partial charge >= 0.3 is 6.18 Å². The molecule has 0 aliphatic heterocycles. The van der Waals surface area contributed by atoms with E-state index in [0.29, 0.717) is 16.8 Å². The Balaban J connectivity index is 2.15. The summed E-state index contributed by atoms with van der Waals surface area (Å²) < 4.78 is 39.6. The summed E-state index contributed by atoms with van der Waals surface area (Å²) in [7, 11) is 0. The number of aryl methyl sites for hydroxylation is 1. The molecule has 0 fully saturated rings. The van der Waals surface area contributed by atoms with Gasteiger partial charge in [0.15, 0.2) is 6.29 Å². The highest BCUT2D eigenvalue weighted by atomic mass is 19.4. The van der Waals surface area contributed by atoms with Crippen molar-refractivity contribution in [2.45, 2.75) is 13.1 Å². The van der Waals surface area contributed by atoms with Gasteiger partial charge in [0.25, 0.3) is 0 Å². The average molecular weight is 303 g/mol. The molecule has 0 bridgehead atoms. The number of carbonyl (C=O) groups is 1. The van der Waals surface area contributed by atoms with Crippen molar-refractivity contribution in [1.29, 1.82) is 0 Å². The van der Waals surface area contributed by atoms with Crippen LogP contribution in [0.1, 0.15) is 21.6 Å². The van der Waals surface area contributed by atoms with Crippen molar-refractivity contribution in [2.75, 3.05) is 0 Å². The molecule has 0 N–H and O–H groups in total. The Bertz CT molecular complexity index is 845. The molecule has 0 saturated carbocycles. The maximum absolute atomic E-state index is 12.6. The Hall–Kier alpha value is -2.56. The third kappa shape index (κ3) is 2.39. The first-order valence-electron chi connectivity index (χ1n) is 6.64. The summed E-state index contributed by atoms with van der Waals surface area (Å²) in [6, 6.07) is 10.4. The highest BCUT2D eigenvalue weighted by molar-refractivity contribution is 5.89. The van der Waals surface area contributed by atoms with Gasteiger partial charge in [0.1, 0.15) is 0 Å². The second-order valence-electron chi connectivity index (χ2n) is 5.14. The van der Waals surface area contributed by atoms with Crippen molar-refractivity contribution in [1.82, 2.24) is 4.40 Å². The smallest absolute Gasteiger partial charge is 0.314 e. The van der Waals surface area contributed by atoms with Crippen molar-refractivity contribution in [2.24, 2.45) is 0 Å². The minimum absolute atomic E-state index is 0.426. The summed E-state index contributed by atoms with van der Waals surface area (Å²) in [4.78, 5) is 11.4. The SMILES string of the molecule is Cc1ccn2c(C=O)c(-c3ccc(C(F)(F)F)cc3)cc2c1. The predicted octanol–water partition coefficient (Wildman–Crippen LogP) is 4.75. The standard InChI is InChI=1S/C17H12F3NO/c1-11-6-7-21-14(8-11)9-15(16(21)10-22)12-2-4-13(5-3-12)17(18,19)20/h2-10H,1H3.